The van der Waals surface area contributed by atoms with Crippen LogP contribution in [-0.4, -0.2) is 13.4 Å². The Morgan fingerprint density at radius 2 is 2.00 bits per heavy atom. The lowest BCUT2D eigenvalue weighted by Gasteiger charge is -2.07. The Bertz CT molecular complexity index is 687. The van der Waals surface area contributed by atoms with Gasteiger partial charge in [-0.2, -0.15) is 0 Å². The molecule has 2 rings (SSSR count). The minimum absolute atomic E-state index is 0.0308. The van der Waals surface area contributed by atoms with Crippen LogP contribution in [0.2, 0.25) is 5.02 Å². The molecule has 0 saturated carbocycles. The van der Waals surface area contributed by atoms with Gasteiger partial charge >= 0.3 is 0 Å². The lowest BCUT2D eigenvalue weighted by Crippen LogP contribution is -2.24. The fourth-order valence-electron chi connectivity index (χ4n) is 1.59. The highest BCUT2D eigenvalue weighted by molar-refractivity contribution is 7.89. The number of pyridine rings is 1. The zero-order chi connectivity index (χ0) is 14.6. The number of rotatable bonds is 5. The van der Waals surface area contributed by atoms with E-state index in [1.54, 1.807) is 30.3 Å². The SMILES string of the molecule is NCc1ccc(S(=O)(=O)NCc2cccc(Cl)c2)nc1. The van der Waals surface area contributed by atoms with E-state index in [2.05, 4.69) is 9.71 Å². The molecular weight excluding hydrogens is 298 g/mol. The van der Waals surface area contributed by atoms with Gasteiger partial charge in [0.2, 0.25) is 0 Å². The van der Waals surface area contributed by atoms with E-state index in [9.17, 15) is 8.42 Å². The maximum Gasteiger partial charge on any atom is 0.258 e. The zero-order valence-corrected chi connectivity index (χ0v) is 12.2. The maximum absolute atomic E-state index is 12.1. The summed E-state index contributed by atoms with van der Waals surface area (Å²) in [6.45, 7) is 0.479. The molecular formula is C13H14ClN3O2S. The first-order valence-corrected chi connectivity index (χ1v) is 7.76. The molecule has 0 aliphatic rings. The van der Waals surface area contributed by atoms with Crippen molar-refractivity contribution >= 4 is 21.6 Å². The highest BCUT2D eigenvalue weighted by atomic mass is 35.5. The first-order chi connectivity index (χ1) is 9.51. The molecule has 1 aromatic heterocycles. The van der Waals surface area contributed by atoms with Crippen LogP contribution in [0.3, 0.4) is 0 Å². The van der Waals surface area contributed by atoms with Gasteiger partial charge in [0.25, 0.3) is 10.0 Å². The summed E-state index contributed by atoms with van der Waals surface area (Å²) in [5.41, 5.74) is 6.99. The van der Waals surface area contributed by atoms with E-state index < -0.39 is 10.0 Å². The largest absolute Gasteiger partial charge is 0.326 e. The van der Waals surface area contributed by atoms with E-state index in [0.717, 1.165) is 11.1 Å². The van der Waals surface area contributed by atoms with Gasteiger partial charge in [0.15, 0.2) is 5.03 Å². The Hall–Kier alpha value is -1.47. The Balaban J connectivity index is 2.10. The van der Waals surface area contributed by atoms with Crippen molar-refractivity contribution in [2.75, 3.05) is 0 Å². The van der Waals surface area contributed by atoms with Crippen LogP contribution in [0.4, 0.5) is 0 Å². The summed E-state index contributed by atoms with van der Waals surface area (Å²) < 4.78 is 26.6. The van der Waals surface area contributed by atoms with Crippen molar-refractivity contribution in [1.29, 1.82) is 0 Å². The van der Waals surface area contributed by atoms with Gasteiger partial charge in [-0.3, -0.25) is 0 Å². The van der Waals surface area contributed by atoms with Gasteiger partial charge in [0.1, 0.15) is 0 Å². The first kappa shape index (κ1) is 14.9. The van der Waals surface area contributed by atoms with Crippen LogP contribution in [0.25, 0.3) is 0 Å². The van der Waals surface area contributed by atoms with Crippen molar-refractivity contribution in [3.63, 3.8) is 0 Å². The van der Waals surface area contributed by atoms with E-state index >= 15 is 0 Å². The Morgan fingerprint density at radius 1 is 1.20 bits per heavy atom. The van der Waals surface area contributed by atoms with Gasteiger partial charge in [-0.1, -0.05) is 29.8 Å². The van der Waals surface area contributed by atoms with Crippen LogP contribution in [0.5, 0.6) is 0 Å². The smallest absolute Gasteiger partial charge is 0.258 e. The molecule has 0 fully saturated rings. The Morgan fingerprint density at radius 3 is 2.60 bits per heavy atom. The second-order valence-corrected chi connectivity index (χ2v) is 6.31. The highest BCUT2D eigenvalue weighted by Gasteiger charge is 2.15. The molecule has 0 radical (unpaired) electrons. The van der Waals surface area contributed by atoms with Gasteiger partial charge in [-0.05, 0) is 29.3 Å². The number of aromatic nitrogens is 1. The van der Waals surface area contributed by atoms with Gasteiger partial charge < -0.3 is 5.73 Å². The molecule has 0 unspecified atom stereocenters. The van der Waals surface area contributed by atoms with E-state index in [-0.39, 0.29) is 11.6 Å². The lowest BCUT2D eigenvalue weighted by molar-refractivity contribution is 0.577. The molecule has 0 aliphatic carbocycles. The minimum atomic E-state index is -3.64. The van der Waals surface area contributed by atoms with Gasteiger partial charge in [-0.15, -0.1) is 0 Å². The number of hydrogen-bond acceptors (Lipinski definition) is 4. The summed E-state index contributed by atoms with van der Waals surface area (Å²) in [5, 5.41) is 0.531. The van der Waals surface area contributed by atoms with Gasteiger partial charge in [0.05, 0.1) is 0 Å². The molecule has 0 aliphatic heterocycles. The molecule has 0 saturated heterocycles. The lowest BCUT2D eigenvalue weighted by atomic mass is 10.2. The molecule has 0 bridgehead atoms. The van der Waals surface area contributed by atoms with Crippen LogP contribution >= 0.6 is 11.6 Å². The molecule has 5 nitrogen and oxygen atoms in total. The summed E-state index contributed by atoms with van der Waals surface area (Å²) in [5.74, 6) is 0. The summed E-state index contributed by atoms with van der Waals surface area (Å²) in [6.07, 6.45) is 1.45. The van der Waals surface area contributed by atoms with E-state index in [1.807, 2.05) is 0 Å². The van der Waals surface area contributed by atoms with Gasteiger partial charge in [0, 0.05) is 24.3 Å². The molecule has 106 valence electrons. The molecule has 1 heterocycles. The third-order valence-corrected chi connectivity index (χ3v) is 4.22. The zero-order valence-electron chi connectivity index (χ0n) is 10.6. The van der Waals surface area contributed by atoms with E-state index in [0.29, 0.717) is 11.6 Å². The second kappa shape index (κ2) is 6.32. The highest BCUT2D eigenvalue weighted by Crippen LogP contribution is 2.12. The Kier molecular flexibility index (Phi) is 4.72. The fraction of sp³-hybridized carbons (Fsp3) is 0.154. The molecule has 2 aromatic rings. The summed E-state index contributed by atoms with van der Waals surface area (Å²) in [4.78, 5) is 3.89. The van der Waals surface area contributed by atoms with Crippen LogP contribution in [-0.2, 0) is 23.1 Å². The Labute approximate surface area is 122 Å². The first-order valence-electron chi connectivity index (χ1n) is 5.90. The monoisotopic (exact) mass is 311 g/mol. The quantitative estimate of drug-likeness (QED) is 0.879. The third kappa shape index (κ3) is 3.77. The molecule has 0 spiro atoms. The van der Waals surface area contributed by atoms with Crippen LogP contribution in [0, 0.1) is 0 Å². The fourth-order valence-corrected chi connectivity index (χ4v) is 2.75. The maximum atomic E-state index is 12.1. The van der Waals surface area contributed by atoms with Crippen molar-refractivity contribution in [3.8, 4) is 0 Å². The van der Waals surface area contributed by atoms with Crippen LogP contribution < -0.4 is 10.5 Å². The average molecular weight is 312 g/mol. The normalized spacial score (nSPS) is 11.5. The number of nitrogens with one attached hydrogen (secondary N) is 1. The predicted octanol–water partition coefficient (Wildman–Crippen LogP) is 1.67. The number of benzene rings is 1. The number of halogens is 1. The third-order valence-electron chi connectivity index (χ3n) is 2.66. The van der Waals surface area contributed by atoms with Crippen molar-refractivity contribution in [2.45, 2.75) is 18.1 Å². The summed E-state index contributed by atoms with van der Waals surface area (Å²) in [7, 11) is -3.64. The topological polar surface area (TPSA) is 85.1 Å². The molecule has 20 heavy (non-hydrogen) atoms. The van der Waals surface area contributed by atoms with Crippen molar-refractivity contribution in [2.24, 2.45) is 5.73 Å². The minimum Gasteiger partial charge on any atom is -0.326 e. The molecule has 1 aromatic carbocycles. The van der Waals surface area contributed by atoms with Crippen molar-refractivity contribution in [3.05, 3.63) is 58.7 Å². The number of nitrogens with zero attached hydrogens (tertiary/aromatic N) is 1. The standard InChI is InChI=1S/C13H14ClN3O2S/c14-12-3-1-2-10(6-12)9-17-20(18,19)13-5-4-11(7-15)8-16-13/h1-6,8,17H,7,9,15H2. The van der Waals surface area contributed by atoms with Crippen molar-refractivity contribution < 1.29 is 8.42 Å². The van der Waals surface area contributed by atoms with Crippen LogP contribution in [0.15, 0.2) is 47.6 Å². The summed E-state index contributed by atoms with van der Waals surface area (Å²) in [6, 6.07) is 10.1. The average Bonchev–Trinajstić information content (AvgIpc) is 2.45. The molecule has 7 heteroatoms. The second-order valence-electron chi connectivity index (χ2n) is 4.16. The van der Waals surface area contributed by atoms with Crippen LogP contribution in [0.1, 0.15) is 11.1 Å². The number of hydrogen-bond donors (Lipinski definition) is 2. The molecule has 3 N–H and O–H groups in total. The molecule has 0 amide bonds. The number of nitrogens with two attached hydrogens (primary N) is 1. The van der Waals surface area contributed by atoms with E-state index in [4.69, 9.17) is 17.3 Å². The number of sulfonamides is 1. The van der Waals surface area contributed by atoms with Crippen molar-refractivity contribution in [1.82, 2.24) is 9.71 Å². The van der Waals surface area contributed by atoms with Gasteiger partial charge in [-0.25, -0.2) is 18.1 Å². The summed E-state index contributed by atoms with van der Waals surface area (Å²) >= 11 is 5.84. The predicted molar refractivity (Wildman–Crippen MR) is 77.6 cm³/mol. The molecule has 0 atom stereocenters. The van der Waals surface area contributed by atoms with E-state index in [1.165, 1.54) is 12.3 Å².